The van der Waals surface area contributed by atoms with Crippen molar-refractivity contribution in [2.45, 2.75) is 13.5 Å². The average Bonchev–Trinajstić information content (AvgIpc) is 3.36. The van der Waals surface area contributed by atoms with Crippen molar-refractivity contribution in [3.8, 4) is 28.4 Å². The zero-order valence-electron chi connectivity index (χ0n) is 21.1. The van der Waals surface area contributed by atoms with Gasteiger partial charge in [-0.2, -0.15) is 0 Å². The molecule has 0 saturated carbocycles. The molecule has 5 aromatic rings. The number of aromatic nitrogens is 4. The lowest BCUT2D eigenvalue weighted by Crippen LogP contribution is -2.13. The monoisotopic (exact) mass is 512 g/mol. The largest absolute Gasteiger partial charge is 0.490 e. The zero-order valence-corrected chi connectivity index (χ0v) is 21.1. The number of fused-ring (bicyclic) bond motifs is 1. The maximum Gasteiger partial charge on any atom is 0.138 e. The number of aryl methyl sites for hydroxylation is 1. The van der Waals surface area contributed by atoms with E-state index in [4.69, 9.17) is 25.2 Å². The van der Waals surface area contributed by atoms with Crippen LogP contribution in [0.5, 0.6) is 5.75 Å². The molecule has 9 heteroatoms. The fourth-order valence-corrected chi connectivity index (χ4v) is 4.11. The summed E-state index contributed by atoms with van der Waals surface area (Å²) in [6, 6.07) is 20.2. The molecule has 5 rings (SSSR count). The summed E-state index contributed by atoms with van der Waals surface area (Å²) < 4.78 is 24.8. The second-order valence-corrected chi connectivity index (χ2v) is 8.76. The highest BCUT2D eigenvalue weighted by atomic mass is 19.1. The van der Waals surface area contributed by atoms with Gasteiger partial charge in [0.2, 0.25) is 0 Å². The summed E-state index contributed by atoms with van der Waals surface area (Å²) in [7, 11) is 0. The smallest absolute Gasteiger partial charge is 0.138 e. The average molecular weight is 513 g/mol. The van der Waals surface area contributed by atoms with E-state index in [1.807, 2.05) is 49.4 Å². The van der Waals surface area contributed by atoms with Crippen LogP contribution in [-0.2, 0) is 11.3 Å². The van der Waals surface area contributed by atoms with Gasteiger partial charge in [0.15, 0.2) is 0 Å². The maximum atomic E-state index is 13.6. The standard InChI is InChI=1S/C29H29FN6O2/c1-19-4-2-7-26(34-19)29-28(35-27(36-29)18-32-23-6-3-5-22(30)16-23)20-8-9-25-21(14-20)15-24(17-33-25)38-13-12-37-11-10-31/h2-9,14-17,32H,10-13,18,31H2,1H3,(H,35,36). The van der Waals surface area contributed by atoms with Crippen molar-refractivity contribution < 1.29 is 13.9 Å². The van der Waals surface area contributed by atoms with E-state index in [9.17, 15) is 4.39 Å². The summed E-state index contributed by atoms with van der Waals surface area (Å²) in [5.74, 6) is 1.07. The van der Waals surface area contributed by atoms with Crippen LogP contribution in [0.15, 0.2) is 72.9 Å². The zero-order chi connectivity index (χ0) is 26.3. The minimum Gasteiger partial charge on any atom is -0.490 e. The van der Waals surface area contributed by atoms with Gasteiger partial charge in [0.05, 0.1) is 42.9 Å². The molecule has 3 heterocycles. The fourth-order valence-electron chi connectivity index (χ4n) is 4.11. The summed E-state index contributed by atoms with van der Waals surface area (Å²) in [5.41, 5.74) is 11.1. The van der Waals surface area contributed by atoms with E-state index in [0.29, 0.717) is 50.2 Å². The number of hydrogen-bond acceptors (Lipinski definition) is 7. The van der Waals surface area contributed by atoms with Crippen LogP contribution in [-0.4, -0.2) is 46.3 Å². The Labute approximate surface area is 220 Å². The lowest BCUT2D eigenvalue weighted by molar-refractivity contribution is 0.106. The van der Waals surface area contributed by atoms with Gasteiger partial charge in [0.1, 0.15) is 29.7 Å². The van der Waals surface area contributed by atoms with E-state index in [2.05, 4.69) is 21.4 Å². The number of nitrogens with one attached hydrogen (secondary N) is 2. The molecule has 0 fully saturated rings. The Morgan fingerprint density at radius 1 is 0.974 bits per heavy atom. The predicted molar refractivity (Wildman–Crippen MR) is 146 cm³/mol. The number of anilines is 1. The second-order valence-electron chi connectivity index (χ2n) is 8.76. The number of nitrogens with two attached hydrogens (primary N) is 1. The molecule has 0 unspecified atom stereocenters. The van der Waals surface area contributed by atoms with E-state index in [1.54, 1.807) is 12.3 Å². The first-order chi connectivity index (χ1) is 18.6. The van der Waals surface area contributed by atoms with Crippen LogP contribution in [0.1, 0.15) is 11.5 Å². The first-order valence-corrected chi connectivity index (χ1v) is 12.4. The minimum atomic E-state index is -0.295. The summed E-state index contributed by atoms with van der Waals surface area (Å²) in [5, 5.41) is 4.16. The van der Waals surface area contributed by atoms with Gasteiger partial charge in [-0.05, 0) is 55.5 Å². The van der Waals surface area contributed by atoms with Gasteiger partial charge in [0.25, 0.3) is 0 Å². The summed E-state index contributed by atoms with van der Waals surface area (Å²) in [6.45, 7) is 4.20. The van der Waals surface area contributed by atoms with Crippen molar-refractivity contribution in [2.75, 3.05) is 31.7 Å². The van der Waals surface area contributed by atoms with Gasteiger partial charge in [-0.1, -0.05) is 18.2 Å². The Hall–Kier alpha value is -4.34. The Kier molecular flexibility index (Phi) is 7.86. The number of ether oxygens (including phenoxy) is 2. The van der Waals surface area contributed by atoms with Gasteiger partial charge >= 0.3 is 0 Å². The van der Waals surface area contributed by atoms with Gasteiger partial charge in [-0.25, -0.2) is 9.37 Å². The Morgan fingerprint density at radius 2 is 1.87 bits per heavy atom. The van der Waals surface area contributed by atoms with Crippen molar-refractivity contribution in [3.05, 3.63) is 90.3 Å². The van der Waals surface area contributed by atoms with Crippen LogP contribution >= 0.6 is 0 Å². The van der Waals surface area contributed by atoms with Crippen LogP contribution < -0.4 is 15.8 Å². The lowest BCUT2D eigenvalue weighted by Gasteiger charge is -2.09. The van der Waals surface area contributed by atoms with Crippen molar-refractivity contribution in [1.29, 1.82) is 0 Å². The van der Waals surface area contributed by atoms with Gasteiger partial charge < -0.3 is 25.5 Å². The summed E-state index contributed by atoms with van der Waals surface area (Å²) in [6.07, 6.45) is 1.71. The van der Waals surface area contributed by atoms with Crippen molar-refractivity contribution in [1.82, 2.24) is 19.9 Å². The third-order valence-electron chi connectivity index (χ3n) is 5.87. The molecule has 0 amide bonds. The molecule has 0 spiro atoms. The van der Waals surface area contributed by atoms with Crippen LogP contribution in [0.25, 0.3) is 33.5 Å². The van der Waals surface area contributed by atoms with E-state index >= 15 is 0 Å². The molecule has 194 valence electrons. The van der Waals surface area contributed by atoms with Crippen LogP contribution in [0.2, 0.25) is 0 Å². The number of nitrogens with zero attached hydrogens (tertiary/aromatic N) is 3. The quantitative estimate of drug-likeness (QED) is 0.211. The van der Waals surface area contributed by atoms with E-state index in [0.717, 1.165) is 39.2 Å². The number of aromatic amines is 1. The van der Waals surface area contributed by atoms with E-state index in [-0.39, 0.29) is 5.82 Å². The second kappa shape index (κ2) is 11.8. The third-order valence-corrected chi connectivity index (χ3v) is 5.87. The molecule has 38 heavy (non-hydrogen) atoms. The van der Waals surface area contributed by atoms with Gasteiger partial charge in [-0.15, -0.1) is 0 Å². The van der Waals surface area contributed by atoms with Crippen molar-refractivity contribution in [3.63, 3.8) is 0 Å². The molecule has 0 aliphatic heterocycles. The summed E-state index contributed by atoms with van der Waals surface area (Å²) >= 11 is 0. The number of hydrogen-bond donors (Lipinski definition) is 3. The number of rotatable bonds is 11. The number of H-pyrrole nitrogens is 1. The van der Waals surface area contributed by atoms with Crippen molar-refractivity contribution in [2.24, 2.45) is 5.73 Å². The van der Waals surface area contributed by atoms with Crippen LogP contribution in [0.3, 0.4) is 0 Å². The molecule has 8 nitrogen and oxygen atoms in total. The maximum absolute atomic E-state index is 13.6. The molecule has 2 aromatic carbocycles. The molecular formula is C29H29FN6O2. The third kappa shape index (κ3) is 6.13. The molecular weight excluding hydrogens is 483 g/mol. The predicted octanol–water partition coefficient (Wildman–Crippen LogP) is 5.10. The van der Waals surface area contributed by atoms with Gasteiger partial charge in [0, 0.05) is 28.9 Å². The Morgan fingerprint density at radius 3 is 2.71 bits per heavy atom. The summed E-state index contributed by atoms with van der Waals surface area (Å²) in [4.78, 5) is 17.5. The fraction of sp³-hybridized carbons (Fsp3) is 0.207. The minimum absolute atomic E-state index is 0.295. The highest BCUT2D eigenvalue weighted by Crippen LogP contribution is 2.32. The molecule has 3 aromatic heterocycles. The molecule has 0 aliphatic rings. The SMILES string of the molecule is Cc1cccc(-c2nc(CNc3cccc(F)c3)[nH]c2-c2ccc3ncc(OCCOCCN)cc3c2)n1. The number of benzene rings is 2. The molecule has 0 bridgehead atoms. The molecule has 0 saturated heterocycles. The number of imidazole rings is 1. The topological polar surface area (TPSA) is 111 Å². The van der Waals surface area contributed by atoms with Crippen LogP contribution in [0, 0.1) is 12.7 Å². The van der Waals surface area contributed by atoms with Crippen molar-refractivity contribution >= 4 is 16.6 Å². The first kappa shape index (κ1) is 25.3. The molecule has 4 N–H and O–H groups in total. The van der Waals surface area contributed by atoms with E-state index in [1.165, 1.54) is 12.1 Å². The van der Waals surface area contributed by atoms with E-state index < -0.39 is 0 Å². The normalized spacial score (nSPS) is 11.1. The highest BCUT2D eigenvalue weighted by Gasteiger charge is 2.16. The molecule has 0 aliphatic carbocycles. The lowest BCUT2D eigenvalue weighted by atomic mass is 10.1. The van der Waals surface area contributed by atoms with Gasteiger partial charge in [-0.3, -0.25) is 9.97 Å². The van der Waals surface area contributed by atoms with Crippen LogP contribution in [0.4, 0.5) is 10.1 Å². The molecule has 0 radical (unpaired) electrons. The number of halogens is 1. The molecule has 0 atom stereocenters. The first-order valence-electron chi connectivity index (χ1n) is 12.4. The number of pyridine rings is 2. The Bertz CT molecular complexity index is 1540. The highest BCUT2D eigenvalue weighted by molar-refractivity contribution is 5.87. The Balaban J connectivity index is 1.45.